The highest BCUT2D eigenvalue weighted by atomic mass is 19.1. The first-order valence-corrected chi connectivity index (χ1v) is 9.04. The van der Waals surface area contributed by atoms with Gasteiger partial charge in [0.25, 0.3) is 0 Å². The number of aromatic carboxylic acids is 1. The Bertz CT molecular complexity index is 1010. The monoisotopic (exact) mass is 369 g/mol. The fourth-order valence-electron chi connectivity index (χ4n) is 3.92. The van der Waals surface area contributed by atoms with Crippen molar-refractivity contribution >= 4 is 11.6 Å². The third-order valence-electron chi connectivity index (χ3n) is 5.25. The molecule has 1 N–H and O–H groups in total. The molecule has 1 aliphatic rings. The highest BCUT2D eigenvalue weighted by Gasteiger charge is 2.25. The van der Waals surface area contributed by atoms with E-state index in [-0.39, 0.29) is 17.2 Å². The minimum Gasteiger partial charge on any atom is -0.494 e. The van der Waals surface area contributed by atoms with E-state index >= 15 is 0 Å². The number of nitrogens with zero attached hydrogens (tertiary/aromatic N) is 3. The Morgan fingerprint density at radius 3 is 2.70 bits per heavy atom. The maximum Gasteiger partial charge on any atom is 0.341 e. The van der Waals surface area contributed by atoms with Crippen molar-refractivity contribution in [1.82, 2.24) is 14.6 Å². The largest absolute Gasteiger partial charge is 0.494 e. The van der Waals surface area contributed by atoms with Crippen LogP contribution >= 0.6 is 0 Å². The molecule has 0 radical (unpaired) electrons. The van der Waals surface area contributed by atoms with Gasteiger partial charge in [0.05, 0.1) is 19.0 Å². The number of carboxylic acids is 1. The number of aromatic nitrogens is 3. The summed E-state index contributed by atoms with van der Waals surface area (Å²) in [6.07, 6.45) is 8.36. The van der Waals surface area contributed by atoms with Crippen molar-refractivity contribution in [3.8, 4) is 16.9 Å². The van der Waals surface area contributed by atoms with Crippen LogP contribution in [0.3, 0.4) is 0 Å². The average Bonchev–Trinajstić information content (AvgIpc) is 3.12. The van der Waals surface area contributed by atoms with Gasteiger partial charge in [-0.25, -0.2) is 18.7 Å². The molecule has 7 heteroatoms. The smallest absolute Gasteiger partial charge is 0.341 e. The first-order valence-electron chi connectivity index (χ1n) is 9.04. The molecule has 1 aromatic carbocycles. The van der Waals surface area contributed by atoms with Crippen LogP contribution in [0, 0.1) is 5.82 Å². The lowest BCUT2D eigenvalue weighted by Gasteiger charge is -2.25. The average molecular weight is 369 g/mol. The van der Waals surface area contributed by atoms with E-state index in [2.05, 4.69) is 10.1 Å². The van der Waals surface area contributed by atoms with Crippen molar-refractivity contribution in [2.75, 3.05) is 7.11 Å². The Morgan fingerprint density at radius 1 is 1.26 bits per heavy atom. The molecule has 2 aromatic heterocycles. The van der Waals surface area contributed by atoms with E-state index in [1.165, 1.54) is 25.8 Å². The molecule has 4 rings (SSSR count). The Kier molecular flexibility index (Phi) is 4.51. The second-order valence-corrected chi connectivity index (χ2v) is 6.84. The van der Waals surface area contributed by atoms with Gasteiger partial charge in [-0.2, -0.15) is 5.10 Å². The summed E-state index contributed by atoms with van der Waals surface area (Å²) in [6.45, 7) is 0. The standard InChI is InChI=1S/C20H20FN3O3/c1-27-17-8-7-13(9-16(17)21)14-10-22-19-15(20(25)26)11-23-24(19)18(14)12-5-3-2-4-6-12/h7-12H,2-6H2,1H3,(H,25,26). The van der Waals surface area contributed by atoms with Crippen LogP contribution in [-0.2, 0) is 0 Å². The van der Waals surface area contributed by atoms with Crippen LogP contribution in [-0.4, -0.2) is 32.8 Å². The van der Waals surface area contributed by atoms with Crippen LogP contribution < -0.4 is 4.74 Å². The summed E-state index contributed by atoms with van der Waals surface area (Å²) >= 11 is 0. The molecular formula is C20H20FN3O3. The van der Waals surface area contributed by atoms with Crippen LogP contribution in [0.5, 0.6) is 5.75 Å². The van der Waals surface area contributed by atoms with E-state index in [0.717, 1.165) is 36.9 Å². The second-order valence-electron chi connectivity index (χ2n) is 6.84. The molecule has 0 aliphatic heterocycles. The van der Waals surface area contributed by atoms with Gasteiger partial charge in [-0.1, -0.05) is 25.3 Å². The van der Waals surface area contributed by atoms with Gasteiger partial charge in [-0.05, 0) is 30.5 Å². The zero-order valence-electron chi connectivity index (χ0n) is 15.0. The van der Waals surface area contributed by atoms with Crippen molar-refractivity contribution < 1.29 is 19.0 Å². The van der Waals surface area contributed by atoms with E-state index in [0.29, 0.717) is 11.2 Å². The van der Waals surface area contributed by atoms with Crippen molar-refractivity contribution in [2.45, 2.75) is 38.0 Å². The summed E-state index contributed by atoms with van der Waals surface area (Å²) in [5.74, 6) is -1.10. The molecule has 0 saturated heterocycles. The van der Waals surface area contributed by atoms with Gasteiger partial charge in [-0.15, -0.1) is 0 Å². The molecule has 1 saturated carbocycles. The number of ether oxygens (including phenoxy) is 1. The lowest BCUT2D eigenvalue weighted by molar-refractivity contribution is 0.0698. The van der Waals surface area contributed by atoms with Gasteiger partial charge in [0, 0.05) is 17.7 Å². The lowest BCUT2D eigenvalue weighted by atomic mass is 9.84. The predicted octanol–water partition coefficient (Wildman–Crippen LogP) is 4.29. The van der Waals surface area contributed by atoms with Crippen LogP contribution in [0.15, 0.2) is 30.6 Å². The Balaban J connectivity index is 1.94. The van der Waals surface area contributed by atoms with Crippen LogP contribution in [0.1, 0.15) is 54.1 Å². The minimum atomic E-state index is -1.06. The number of hydrogen-bond acceptors (Lipinski definition) is 4. The zero-order chi connectivity index (χ0) is 19.0. The summed E-state index contributed by atoms with van der Waals surface area (Å²) in [7, 11) is 1.43. The summed E-state index contributed by atoms with van der Waals surface area (Å²) < 4.78 is 20.9. The first kappa shape index (κ1) is 17.5. The second kappa shape index (κ2) is 6.98. The summed E-state index contributed by atoms with van der Waals surface area (Å²) in [5, 5.41) is 13.7. The van der Waals surface area contributed by atoms with Gasteiger partial charge in [0.15, 0.2) is 17.2 Å². The molecule has 0 bridgehead atoms. The Morgan fingerprint density at radius 2 is 2.04 bits per heavy atom. The number of methoxy groups -OCH3 is 1. The van der Waals surface area contributed by atoms with Crippen molar-refractivity contribution in [3.05, 3.63) is 47.7 Å². The number of carboxylic acid groups (broad SMARTS) is 1. The van der Waals surface area contributed by atoms with Gasteiger partial charge in [-0.3, -0.25) is 0 Å². The number of hydrogen-bond donors (Lipinski definition) is 1. The fourth-order valence-corrected chi connectivity index (χ4v) is 3.92. The number of halogens is 1. The summed E-state index contributed by atoms with van der Waals surface area (Å²) in [4.78, 5) is 15.8. The van der Waals surface area contributed by atoms with Crippen LogP contribution in [0.4, 0.5) is 4.39 Å². The fraction of sp³-hybridized carbons (Fsp3) is 0.350. The maximum absolute atomic E-state index is 14.3. The van der Waals surface area contributed by atoms with Crippen LogP contribution in [0.2, 0.25) is 0 Å². The van der Waals surface area contributed by atoms with Gasteiger partial charge >= 0.3 is 5.97 Å². The zero-order valence-corrected chi connectivity index (χ0v) is 15.0. The molecule has 140 valence electrons. The van der Waals surface area contributed by atoms with E-state index in [1.807, 2.05) is 0 Å². The highest BCUT2D eigenvalue weighted by molar-refractivity contribution is 5.94. The molecule has 3 aromatic rings. The molecule has 1 aliphatic carbocycles. The minimum absolute atomic E-state index is 0.0690. The molecule has 0 unspecified atom stereocenters. The topological polar surface area (TPSA) is 76.7 Å². The predicted molar refractivity (Wildman–Crippen MR) is 97.7 cm³/mol. The summed E-state index contributed by atoms with van der Waals surface area (Å²) in [6, 6.07) is 4.81. The molecule has 0 spiro atoms. The molecule has 27 heavy (non-hydrogen) atoms. The quantitative estimate of drug-likeness (QED) is 0.742. The van der Waals surface area contributed by atoms with E-state index in [9.17, 15) is 14.3 Å². The number of carbonyl (C=O) groups is 1. The van der Waals surface area contributed by atoms with Gasteiger partial charge in [0.2, 0.25) is 0 Å². The van der Waals surface area contributed by atoms with E-state index < -0.39 is 11.8 Å². The molecule has 0 atom stereocenters. The number of rotatable bonds is 4. The lowest BCUT2D eigenvalue weighted by Crippen LogP contribution is -2.13. The van der Waals surface area contributed by atoms with E-state index in [4.69, 9.17) is 4.74 Å². The third kappa shape index (κ3) is 3.03. The first-order chi connectivity index (χ1) is 13.1. The summed E-state index contributed by atoms with van der Waals surface area (Å²) in [5.41, 5.74) is 2.74. The van der Waals surface area contributed by atoms with Crippen molar-refractivity contribution in [1.29, 1.82) is 0 Å². The maximum atomic E-state index is 14.3. The molecule has 0 amide bonds. The number of benzene rings is 1. The van der Waals surface area contributed by atoms with Crippen LogP contribution in [0.25, 0.3) is 16.8 Å². The SMILES string of the molecule is COc1ccc(-c2cnc3c(C(=O)O)cnn3c2C2CCCCC2)cc1F. The third-order valence-corrected chi connectivity index (χ3v) is 5.25. The van der Waals surface area contributed by atoms with Gasteiger partial charge < -0.3 is 9.84 Å². The normalized spacial score (nSPS) is 15.2. The molecular weight excluding hydrogens is 349 g/mol. The molecule has 1 fully saturated rings. The highest BCUT2D eigenvalue weighted by Crippen LogP contribution is 2.39. The van der Waals surface area contributed by atoms with E-state index in [1.54, 1.807) is 22.8 Å². The molecule has 2 heterocycles. The Labute approximate surface area is 155 Å². The number of fused-ring (bicyclic) bond motifs is 1. The Hall–Kier alpha value is -2.96. The van der Waals surface area contributed by atoms with Crippen molar-refractivity contribution in [2.24, 2.45) is 0 Å². The molecule has 6 nitrogen and oxygen atoms in total. The van der Waals surface area contributed by atoms with Gasteiger partial charge in [0.1, 0.15) is 5.56 Å². The van der Waals surface area contributed by atoms with Crippen molar-refractivity contribution in [3.63, 3.8) is 0 Å².